The third-order valence-electron chi connectivity index (χ3n) is 1.88. The lowest BCUT2D eigenvalue weighted by Crippen LogP contribution is -1.87. The molecule has 6 nitrogen and oxygen atoms in total. The number of benzene rings is 1. The Balaban J connectivity index is 2.22. The summed E-state index contributed by atoms with van der Waals surface area (Å²) in [5.74, 6) is 0.423. The highest BCUT2D eigenvalue weighted by molar-refractivity contribution is 5.67. The van der Waals surface area contributed by atoms with Crippen LogP contribution in [0.2, 0.25) is 0 Å². The number of nitrogens with zero attached hydrogens (tertiary/aromatic N) is 3. The van der Waals surface area contributed by atoms with E-state index < -0.39 is 4.92 Å². The van der Waals surface area contributed by atoms with Gasteiger partial charge in [-0.15, -0.1) is 0 Å². The van der Waals surface area contributed by atoms with E-state index in [0.29, 0.717) is 11.4 Å². The number of rotatable bonds is 3. The number of hydrogen-bond acceptors (Lipinski definition) is 5. The molecule has 0 spiro atoms. The molecule has 0 saturated carbocycles. The summed E-state index contributed by atoms with van der Waals surface area (Å²) in [7, 11) is 0. The molecule has 0 N–H and O–H groups in total. The third kappa shape index (κ3) is 2.30. The summed E-state index contributed by atoms with van der Waals surface area (Å²) in [4.78, 5) is 13.9. The van der Waals surface area contributed by atoms with Gasteiger partial charge in [-0.05, 0) is 11.6 Å². The van der Waals surface area contributed by atoms with Crippen molar-refractivity contribution in [1.82, 2.24) is 10.1 Å². The van der Waals surface area contributed by atoms with Gasteiger partial charge < -0.3 is 4.52 Å². The lowest BCUT2D eigenvalue weighted by Gasteiger charge is -1.93. The van der Waals surface area contributed by atoms with E-state index in [1.165, 1.54) is 18.5 Å². The van der Waals surface area contributed by atoms with Crippen LogP contribution in [0.15, 0.2) is 35.2 Å². The van der Waals surface area contributed by atoms with Crippen molar-refractivity contribution in [2.24, 2.45) is 0 Å². The first kappa shape index (κ1) is 10.0. The molecule has 0 radical (unpaired) electrons. The van der Waals surface area contributed by atoms with Crippen LogP contribution in [-0.2, 0) is 0 Å². The van der Waals surface area contributed by atoms with Gasteiger partial charge >= 0.3 is 0 Å². The Morgan fingerprint density at radius 1 is 1.38 bits per heavy atom. The van der Waals surface area contributed by atoms with Crippen molar-refractivity contribution in [3.05, 3.63) is 52.2 Å². The molecule has 0 atom stereocenters. The number of non-ortho nitro benzene ring substituents is 1. The molecule has 6 heteroatoms. The first-order chi connectivity index (χ1) is 7.75. The maximum Gasteiger partial charge on any atom is 0.270 e. The molecule has 1 aromatic heterocycles. The predicted molar refractivity (Wildman–Crippen MR) is 56.3 cm³/mol. The average molecular weight is 217 g/mol. The molecule has 0 bridgehead atoms. The molecule has 0 unspecified atom stereocenters. The van der Waals surface area contributed by atoms with Gasteiger partial charge in [-0.3, -0.25) is 10.1 Å². The summed E-state index contributed by atoms with van der Waals surface area (Å²) in [5.41, 5.74) is 0.759. The fraction of sp³-hybridized carbons (Fsp3) is 0. The lowest BCUT2D eigenvalue weighted by molar-refractivity contribution is -0.384. The van der Waals surface area contributed by atoms with E-state index in [9.17, 15) is 10.1 Å². The molecular formula is C10H7N3O3. The summed E-state index contributed by atoms with van der Waals surface area (Å²) in [6, 6.07) is 6.28. The molecular weight excluding hydrogens is 210 g/mol. The maximum atomic E-state index is 10.5. The van der Waals surface area contributed by atoms with Crippen molar-refractivity contribution in [2.75, 3.05) is 0 Å². The standard InChI is InChI=1S/C10H7N3O3/c14-13(15)9-3-1-2-8(6-9)4-5-10-11-7-16-12-10/h1-7H. The first-order valence-corrected chi connectivity index (χ1v) is 4.44. The summed E-state index contributed by atoms with van der Waals surface area (Å²) in [6.45, 7) is 0. The summed E-state index contributed by atoms with van der Waals surface area (Å²) in [6.07, 6.45) is 4.51. The molecule has 0 saturated heterocycles. The van der Waals surface area contributed by atoms with Crippen molar-refractivity contribution in [3.8, 4) is 0 Å². The SMILES string of the molecule is O=[N+]([O-])c1cccc(C=Cc2ncon2)c1. The topological polar surface area (TPSA) is 82.1 Å². The zero-order valence-electron chi connectivity index (χ0n) is 8.11. The third-order valence-corrected chi connectivity index (χ3v) is 1.88. The van der Waals surface area contributed by atoms with E-state index >= 15 is 0 Å². The Morgan fingerprint density at radius 3 is 2.94 bits per heavy atom. The van der Waals surface area contributed by atoms with Crippen molar-refractivity contribution >= 4 is 17.8 Å². The van der Waals surface area contributed by atoms with Gasteiger partial charge in [0.1, 0.15) is 0 Å². The summed E-state index contributed by atoms with van der Waals surface area (Å²) >= 11 is 0. The molecule has 0 aliphatic rings. The molecule has 0 amide bonds. The molecule has 2 aromatic rings. The van der Waals surface area contributed by atoms with E-state index in [4.69, 9.17) is 0 Å². The second-order valence-corrected chi connectivity index (χ2v) is 2.97. The van der Waals surface area contributed by atoms with Crippen molar-refractivity contribution in [3.63, 3.8) is 0 Å². The van der Waals surface area contributed by atoms with Crippen LogP contribution in [0.25, 0.3) is 12.2 Å². The van der Waals surface area contributed by atoms with E-state index in [2.05, 4.69) is 14.7 Å². The number of hydrogen-bond donors (Lipinski definition) is 0. The van der Waals surface area contributed by atoms with E-state index in [1.54, 1.807) is 24.3 Å². The zero-order chi connectivity index (χ0) is 11.4. The van der Waals surface area contributed by atoms with Crippen LogP contribution in [0.3, 0.4) is 0 Å². The van der Waals surface area contributed by atoms with Crippen LogP contribution < -0.4 is 0 Å². The van der Waals surface area contributed by atoms with E-state index in [-0.39, 0.29) is 5.69 Å². The quantitative estimate of drug-likeness (QED) is 0.581. The molecule has 0 fully saturated rings. The van der Waals surface area contributed by atoms with Gasteiger partial charge in [0.25, 0.3) is 5.69 Å². The Kier molecular flexibility index (Phi) is 2.73. The normalized spacial score (nSPS) is 10.8. The second-order valence-electron chi connectivity index (χ2n) is 2.97. The predicted octanol–water partition coefficient (Wildman–Crippen LogP) is 2.15. The van der Waals surface area contributed by atoms with Crippen molar-refractivity contribution in [1.29, 1.82) is 0 Å². The van der Waals surface area contributed by atoms with E-state index in [0.717, 1.165) is 0 Å². The summed E-state index contributed by atoms with van der Waals surface area (Å²) < 4.78 is 4.54. The largest absolute Gasteiger partial charge is 0.342 e. The molecule has 0 aliphatic carbocycles. The number of aromatic nitrogens is 2. The second kappa shape index (κ2) is 4.35. The van der Waals surface area contributed by atoms with Gasteiger partial charge in [0.2, 0.25) is 6.39 Å². The first-order valence-electron chi connectivity index (χ1n) is 4.44. The average Bonchev–Trinajstić information content (AvgIpc) is 2.79. The summed E-state index contributed by atoms with van der Waals surface area (Å²) in [5, 5.41) is 14.1. The Bertz CT molecular complexity index is 520. The van der Waals surface area contributed by atoms with Gasteiger partial charge in [0.15, 0.2) is 5.82 Å². The Hall–Kier alpha value is -2.50. The molecule has 1 aromatic carbocycles. The van der Waals surface area contributed by atoms with Crippen LogP contribution in [0, 0.1) is 10.1 Å². The highest BCUT2D eigenvalue weighted by Gasteiger charge is 2.03. The van der Waals surface area contributed by atoms with Crippen LogP contribution in [-0.4, -0.2) is 15.1 Å². The minimum absolute atomic E-state index is 0.0512. The van der Waals surface area contributed by atoms with Gasteiger partial charge in [-0.1, -0.05) is 23.4 Å². The van der Waals surface area contributed by atoms with Crippen LogP contribution >= 0.6 is 0 Å². The monoisotopic (exact) mass is 217 g/mol. The minimum atomic E-state index is -0.439. The highest BCUT2D eigenvalue weighted by Crippen LogP contribution is 2.14. The van der Waals surface area contributed by atoms with Crippen LogP contribution in [0.4, 0.5) is 5.69 Å². The lowest BCUT2D eigenvalue weighted by atomic mass is 10.2. The molecule has 0 aliphatic heterocycles. The van der Waals surface area contributed by atoms with E-state index in [1.807, 2.05) is 0 Å². The highest BCUT2D eigenvalue weighted by atomic mass is 16.6. The molecule has 16 heavy (non-hydrogen) atoms. The van der Waals surface area contributed by atoms with Crippen LogP contribution in [0.5, 0.6) is 0 Å². The van der Waals surface area contributed by atoms with Gasteiger partial charge in [0.05, 0.1) is 4.92 Å². The number of nitro groups is 1. The van der Waals surface area contributed by atoms with Crippen LogP contribution in [0.1, 0.15) is 11.4 Å². The fourth-order valence-electron chi connectivity index (χ4n) is 1.16. The number of nitro benzene ring substituents is 1. The van der Waals surface area contributed by atoms with Crippen molar-refractivity contribution in [2.45, 2.75) is 0 Å². The van der Waals surface area contributed by atoms with Gasteiger partial charge in [0, 0.05) is 12.1 Å². The smallest absolute Gasteiger partial charge is 0.270 e. The minimum Gasteiger partial charge on any atom is -0.342 e. The maximum absolute atomic E-state index is 10.5. The fourth-order valence-corrected chi connectivity index (χ4v) is 1.16. The Morgan fingerprint density at radius 2 is 2.25 bits per heavy atom. The van der Waals surface area contributed by atoms with Gasteiger partial charge in [-0.2, -0.15) is 4.98 Å². The zero-order valence-corrected chi connectivity index (χ0v) is 8.11. The Labute approximate surface area is 90.4 Å². The van der Waals surface area contributed by atoms with Crippen molar-refractivity contribution < 1.29 is 9.45 Å². The molecule has 80 valence electrons. The molecule has 1 heterocycles. The molecule has 2 rings (SSSR count). The van der Waals surface area contributed by atoms with Gasteiger partial charge in [-0.25, -0.2) is 0 Å².